The first-order valence-corrected chi connectivity index (χ1v) is 6.63. The second-order valence-electron chi connectivity index (χ2n) is 4.81. The van der Waals surface area contributed by atoms with Crippen molar-refractivity contribution in [2.75, 3.05) is 13.1 Å². The normalized spacial score (nSPS) is 12.3. The van der Waals surface area contributed by atoms with Crippen molar-refractivity contribution in [1.82, 2.24) is 24.5 Å². The quantitative estimate of drug-likeness (QED) is 0.866. The number of amides is 1. The van der Waals surface area contributed by atoms with Gasteiger partial charge in [-0.15, -0.1) is 0 Å². The number of nitrogens with zero attached hydrogens (tertiary/aromatic N) is 5. The third-order valence-electron chi connectivity index (χ3n) is 3.36. The van der Waals surface area contributed by atoms with Crippen LogP contribution in [0.15, 0.2) is 12.5 Å². The van der Waals surface area contributed by atoms with Gasteiger partial charge in [0.2, 0.25) is 0 Å². The van der Waals surface area contributed by atoms with Crippen molar-refractivity contribution in [3.63, 3.8) is 0 Å². The minimum atomic E-state index is -0.928. The minimum absolute atomic E-state index is 0.152. The van der Waals surface area contributed by atoms with Crippen LogP contribution in [0.5, 0.6) is 0 Å². The number of rotatable bonds is 5. The van der Waals surface area contributed by atoms with E-state index in [9.17, 15) is 9.59 Å². The molecule has 1 N–H and O–H groups in total. The van der Waals surface area contributed by atoms with Gasteiger partial charge in [-0.25, -0.2) is 9.50 Å². The molecular weight excluding hydrogens is 274 g/mol. The lowest BCUT2D eigenvalue weighted by Gasteiger charge is -2.23. The number of carbonyl (C=O) groups excluding carboxylic acids is 1. The molecular formula is C13H17N5O3. The van der Waals surface area contributed by atoms with Gasteiger partial charge in [-0.1, -0.05) is 6.92 Å². The number of hydrogen-bond acceptors (Lipinski definition) is 5. The van der Waals surface area contributed by atoms with Gasteiger partial charge in [0.1, 0.15) is 6.33 Å². The Hall–Kier alpha value is -2.51. The van der Waals surface area contributed by atoms with E-state index in [4.69, 9.17) is 5.11 Å². The van der Waals surface area contributed by atoms with E-state index in [1.165, 1.54) is 21.9 Å². The first-order chi connectivity index (χ1) is 9.95. The molecule has 0 radical (unpaired) electrons. The van der Waals surface area contributed by atoms with E-state index in [0.29, 0.717) is 23.6 Å². The van der Waals surface area contributed by atoms with Crippen LogP contribution in [0.2, 0.25) is 0 Å². The fraction of sp³-hybridized carbons (Fsp3) is 0.462. The molecule has 2 aromatic heterocycles. The zero-order valence-electron chi connectivity index (χ0n) is 12.1. The average molecular weight is 291 g/mol. The van der Waals surface area contributed by atoms with Crippen molar-refractivity contribution in [3.05, 3.63) is 23.8 Å². The van der Waals surface area contributed by atoms with E-state index >= 15 is 0 Å². The van der Waals surface area contributed by atoms with Crippen LogP contribution in [-0.2, 0) is 4.79 Å². The number of carboxylic acids is 1. The zero-order valence-corrected chi connectivity index (χ0v) is 12.1. The van der Waals surface area contributed by atoms with Gasteiger partial charge in [-0.3, -0.25) is 9.59 Å². The summed E-state index contributed by atoms with van der Waals surface area (Å²) >= 11 is 0. The highest BCUT2D eigenvalue weighted by molar-refractivity contribution is 5.95. The second kappa shape index (κ2) is 5.86. The molecule has 2 rings (SSSR count). The number of fused-ring (bicyclic) bond motifs is 1. The predicted octanol–water partition coefficient (Wildman–Crippen LogP) is 0.616. The van der Waals surface area contributed by atoms with E-state index in [1.807, 2.05) is 6.92 Å². The van der Waals surface area contributed by atoms with Crippen LogP contribution in [0, 0.1) is 12.8 Å². The summed E-state index contributed by atoms with van der Waals surface area (Å²) in [7, 11) is 0. The molecule has 0 fully saturated rings. The summed E-state index contributed by atoms with van der Waals surface area (Å²) < 4.78 is 1.49. The molecule has 2 heterocycles. The molecule has 0 saturated carbocycles. The SMILES string of the molecule is CCN(CC(C)C(=O)O)C(=O)c1cnc2ncnn2c1C. The molecule has 0 aliphatic rings. The first kappa shape index (κ1) is 14.9. The molecule has 1 amide bonds. The summed E-state index contributed by atoms with van der Waals surface area (Å²) in [5.74, 6) is -1.39. The predicted molar refractivity (Wildman–Crippen MR) is 73.9 cm³/mol. The van der Waals surface area contributed by atoms with Crippen molar-refractivity contribution in [1.29, 1.82) is 0 Å². The van der Waals surface area contributed by atoms with Crippen molar-refractivity contribution < 1.29 is 14.7 Å². The Balaban J connectivity index is 2.31. The molecule has 112 valence electrons. The van der Waals surface area contributed by atoms with Crippen molar-refractivity contribution >= 4 is 17.7 Å². The molecule has 0 saturated heterocycles. The van der Waals surface area contributed by atoms with E-state index in [2.05, 4.69) is 15.1 Å². The maximum absolute atomic E-state index is 12.6. The standard InChI is InChI=1S/C13H17N5O3/c1-4-17(6-8(2)12(20)21)11(19)10-5-14-13-15-7-16-18(13)9(10)3/h5,7-8H,4,6H2,1-3H3,(H,20,21). The van der Waals surface area contributed by atoms with Crippen LogP contribution < -0.4 is 0 Å². The van der Waals surface area contributed by atoms with Gasteiger partial charge in [0.05, 0.1) is 17.2 Å². The van der Waals surface area contributed by atoms with Crippen LogP contribution in [0.1, 0.15) is 29.9 Å². The molecule has 2 aromatic rings. The Kier molecular flexibility index (Phi) is 4.15. The van der Waals surface area contributed by atoms with E-state index in [0.717, 1.165) is 0 Å². The minimum Gasteiger partial charge on any atom is -0.481 e. The van der Waals surface area contributed by atoms with Crippen LogP contribution in [0.25, 0.3) is 5.78 Å². The van der Waals surface area contributed by atoms with Crippen LogP contribution in [0.4, 0.5) is 0 Å². The van der Waals surface area contributed by atoms with Gasteiger partial charge in [-0.2, -0.15) is 10.1 Å². The van der Waals surface area contributed by atoms with Crippen LogP contribution in [-0.4, -0.2) is 54.6 Å². The Morgan fingerprint density at radius 1 is 1.43 bits per heavy atom. The third kappa shape index (κ3) is 2.83. The lowest BCUT2D eigenvalue weighted by atomic mass is 10.1. The smallest absolute Gasteiger partial charge is 0.308 e. The summed E-state index contributed by atoms with van der Waals surface area (Å²) in [6.45, 7) is 5.71. The van der Waals surface area contributed by atoms with E-state index in [-0.39, 0.29) is 12.5 Å². The number of carbonyl (C=O) groups is 2. The molecule has 0 spiro atoms. The highest BCUT2D eigenvalue weighted by Crippen LogP contribution is 2.12. The van der Waals surface area contributed by atoms with Crippen LogP contribution >= 0.6 is 0 Å². The fourth-order valence-corrected chi connectivity index (χ4v) is 2.03. The van der Waals surface area contributed by atoms with Crippen LogP contribution in [0.3, 0.4) is 0 Å². The number of aliphatic carboxylic acids is 1. The van der Waals surface area contributed by atoms with Crippen molar-refractivity contribution in [2.45, 2.75) is 20.8 Å². The summed E-state index contributed by atoms with van der Waals surface area (Å²) in [5, 5.41) is 13.0. The Morgan fingerprint density at radius 2 is 2.14 bits per heavy atom. The monoisotopic (exact) mass is 291 g/mol. The molecule has 1 unspecified atom stereocenters. The van der Waals surface area contributed by atoms with Gasteiger partial charge in [-0.05, 0) is 13.8 Å². The van der Waals surface area contributed by atoms with E-state index < -0.39 is 11.9 Å². The number of hydrogen-bond donors (Lipinski definition) is 1. The lowest BCUT2D eigenvalue weighted by molar-refractivity contribution is -0.141. The van der Waals surface area contributed by atoms with E-state index in [1.54, 1.807) is 13.8 Å². The molecule has 0 aliphatic carbocycles. The Bertz CT molecular complexity index is 681. The van der Waals surface area contributed by atoms with Gasteiger partial charge in [0.15, 0.2) is 0 Å². The van der Waals surface area contributed by atoms with Gasteiger partial charge in [0.25, 0.3) is 11.7 Å². The summed E-state index contributed by atoms with van der Waals surface area (Å²) in [6.07, 6.45) is 2.82. The molecule has 1 atom stereocenters. The summed E-state index contributed by atoms with van der Waals surface area (Å²) in [5.41, 5.74) is 1.02. The molecule has 8 nitrogen and oxygen atoms in total. The summed E-state index contributed by atoms with van der Waals surface area (Å²) in [4.78, 5) is 33.0. The first-order valence-electron chi connectivity index (χ1n) is 6.63. The maximum atomic E-state index is 12.6. The maximum Gasteiger partial charge on any atom is 0.308 e. The average Bonchev–Trinajstić information content (AvgIpc) is 2.93. The highest BCUT2D eigenvalue weighted by atomic mass is 16.4. The number of aromatic nitrogens is 4. The third-order valence-corrected chi connectivity index (χ3v) is 3.36. The molecule has 0 aliphatic heterocycles. The largest absolute Gasteiger partial charge is 0.481 e. The van der Waals surface area contributed by atoms with Gasteiger partial charge < -0.3 is 10.0 Å². The fourth-order valence-electron chi connectivity index (χ4n) is 2.03. The Morgan fingerprint density at radius 3 is 2.76 bits per heavy atom. The molecule has 21 heavy (non-hydrogen) atoms. The highest BCUT2D eigenvalue weighted by Gasteiger charge is 2.23. The molecule has 8 heteroatoms. The number of aryl methyl sites for hydroxylation is 1. The second-order valence-corrected chi connectivity index (χ2v) is 4.81. The molecule has 0 bridgehead atoms. The number of carboxylic acid groups (broad SMARTS) is 1. The topological polar surface area (TPSA) is 101 Å². The zero-order chi connectivity index (χ0) is 15.6. The summed E-state index contributed by atoms with van der Waals surface area (Å²) in [6, 6.07) is 0. The lowest BCUT2D eigenvalue weighted by Crippen LogP contribution is -2.37. The van der Waals surface area contributed by atoms with Gasteiger partial charge >= 0.3 is 5.97 Å². The van der Waals surface area contributed by atoms with Gasteiger partial charge in [0, 0.05) is 19.3 Å². The van der Waals surface area contributed by atoms with Crippen molar-refractivity contribution in [3.8, 4) is 0 Å². The Labute approximate surface area is 121 Å². The molecule has 0 aromatic carbocycles. The van der Waals surface area contributed by atoms with Crippen molar-refractivity contribution in [2.24, 2.45) is 5.92 Å².